The Hall–Kier alpha value is -2.13. The Bertz CT molecular complexity index is 802. The zero-order chi connectivity index (χ0) is 16.4. The van der Waals surface area contributed by atoms with E-state index >= 15 is 0 Å². The van der Waals surface area contributed by atoms with Gasteiger partial charge < -0.3 is 4.74 Å². The molecule has 9 heteroatoms. The number of hydrogen-bond donors (Lipinski definition) is 0. The Morgan fingerprint density at radius 3 is 2.83 bits per heavy atom. The maximum atomic E-state index is 13.7. The van der Waals surface area contributed by atoms with Crippen LogP contribution in [-0.2, 0) is 10.0 Å². The lowest BCUT2D eigenvalue weighted by Gasteiger charge is -2.17. The third-order valence-corrected chi connectivity index (χ3v) is 5.33. The second kappa shape index (κ2) is 6.17. The zero-order valence-corrected chi connectivity index (χ0v) is 12.7. The second-order valence-electron chi connectivity index (χ2n) is 5.01. The molecule has 1 unspecified atom stereocenters. The van der Waals surface area contributed by atoms with Gasteiger partial charge in [0, 0.05) is 18.9 Å². The number of nitrogens with zero attached hydrogens (tertiary/aromatic N) is 3. The van der Waals surface area contributed by atoms with Gasteiger partial charge in [0.05, 0.1) is 12.7 Å². The quantitative estimate of drug-likeness (QED) is 0.845. The molecule has 2 aromatic rings. The molecule has 1 saturated heterocycles. The van der Waals surface area contributed by atoms with Gasteiger partial charge in [-0.1, -0.05) is 0 Å². The average molecular weight is 341 g/mol. The fraction of sp³-hybridized carbons (Fsp3) is 0.286. The first-order valence-corrected chi connectivity index (χ1v) is 8.29. The highest BCUT2D eigenvalue weighted by Crippen LogP contribution is 2.25. The lowest BCUT2D eigenvalue weighted by Crippen LogP contribution is -2.31. The predicted molar refractivity (Wildman–Crippen MR) is 76.2 cm³/mol. The molecule has 0 bridgehead atoms. The Kier molecular flexibility index (Phi) is 4.22. The largest absolute Gasteiger partial charge is 0.472 e. The highest BCUT2D eigenvalue weighted by Gasteiger charge is 2.35. The first kappa shape index (κ1) is 15.8. The second-order valence-corrected chi connectivity index (χ2v) is 6.92. The van der Waals surface area contributed by atoms with Gasteiger partial charge in [-0.2, -0.15) is 4.31 Å². The summed E-state index contributed by atoms with van der Waals surface area (Å²) in [4.78, 5) is 7.13. The molecule has 1 aliphatic rings. The third kappa shape index (κ3) is 3.30. The smallest absolute Gasteiger partial charge is 0.246 e. The Morgan fingerprint density at radius 1 is 1.26 bits per heavy atom. The minimum atomic E-state index is -4.11. The van der Waals surface area contributed by atoms with Crippen molar-refractivity contribution in [2.75, 3.05) is 13.1 Å². The molecule has 6 nitrogen and oxygen atoms in total. The third-order valence-electron chi connectivity index (χ3n) is 3.45. The molecule has 122 valence electrons. The molecular formula is C14H13F2N3O3S. The minimum absolute atomic E-state index is 0.0366. The first-order chi connectivity index (χ1) is 11.0. The van der Waals surface area contributed by atoms with Gasteiger partial charge in [0.25, 0.3) is 0 Å². The standard InChI is InChI=1S/C14H13F2N3O3S/c15-10-1-2-12(16)13(7-10)23(20,21)19-6-3-11(9-19)22-14-8-17-4-5-18-14/h1-2,4-5,7-8,11H,3,6,9H2. The molecule has 2 heterocycles. The van der Waals surface area contributed by atoms with Crippen LogP contribution in [0.2, 0.25) is 0 Å². The van der Waals surface area contributed by atoms with Crippen LogP contribution in [0.15, 0.2) is 41.7 Å². The molecule has 0 aliphatic carbocycles. The number of ether oxygens (including phenoxy) is 1. The fourth-order valence-electron chi connectivity index (χ4n) is 2.34. The molecule has 0 N–H and O–H groups in total. The molecule has 0 saturated carbocycles. The van der Waals surface area contributed by atoms with Gasteiger partial charge in [0.15, 0.2) is 0 Å². The van der Waals surface area contributed by atoms with Crippen LogP contribution in [0.3, 0.4) is 0 Å². The monoisotopic (exact) mass is 341 g/mol. The molecule has 0 amide bonds. The summed E-state index contributed by atoms with van der Waals surface area (Å²) in [6.45, 7) is 0.193. The van der Waals surface area contributed by atoms with Crippen LogP contribution in [-0.4, -0.2) is 41.9 Å². The summed E-state index contributed by atoms with van der Waals surface area (Å²) >= 11 is 0. The number of benzene rings is 1. The molecule has 1 aromatic carbocycles. The molecular weight excluding hydrogens is 328 g/mol. The van der Waals surface area contributed by atoms with Gasteiger partial charge in [-0.15, -0.1) is 0 Å². The SMILES string of the molecule is O=S(=O)(c1cc(F)ccc1F)N1CCC(Oc2cnccn2)C1. The Morgan fingerprint density at radius 2 is 2.09 bits per heavy atom. The predicted octanol–water partition coefficient (Wildman–Crippen LogP) is 1.60. The van der Waals surface area contributed by atoms with E-state index in [0.29, 0.717) is 12.5 Å². The van der Waals surface area contributed by atoms with E-state index < -0.39 is 32.7 Å². The molecule has 3 rings (SSSR count). The van der Waals surface area contributed by atoms with Gasteiger partial charge in [0.2, 0.25) is 15.9 Å². The van der Waals surface area contributed by atoms with Crippen LogP contribution in [0, 0.1) is 11.6 Å². The van der Waals surface area contributed by atoms with Gasteiger partial charge >= 0.3 is 0 Å². The lowest BCUT2D eigenvalue weighted by atomic mass is 10.3. The van der Waals surface area contributed by atoms with E-state index in [4.69, 9.17) is 4.74 Å². The lowest BCUT2D eigenvalue weighted by molar-refractivity contribution is 0.206. The number of halogens is 2. The van der Waals surface area contributed by atoms with E-state index in [1.165, 1.54) is 18.6 Å². The van der Waals surface area contributed by atoms with Crippen LogP contribution in [0.25, 0.3) is 0 Å². The van der Waals surface area contributed by atoms with Crippen LogP contribution >= 0.6 is 0 Å². The van der Waals surface area contributed by atoms with Crippen molar-refractivity contribution in [3.05, 3.63) is 48.4 Å². The molecule has 0 spiro atoms. The van der Waals surface area contributed by atoms with E-state index in [1.54, 1.807) is 0 Å². The molecule has 0 radical (unpaired) electrons. The van der Waals surface area contributed by atoms with Gasteiger partial charge in [-0.25, -0.2) is 22.2 Å². The number of hydrogen-bond acceptors (Lipinski definition) is 5. The van der Waals surface area contributed by atoms with E-state index in [1.807, 2.05) is 0 Å². The minimum Gasteiger partial charge on any atom is -0.472 e. The van der Waals surface area contributed by atoms with E-state index in [2.05, 4.69) is 9.97 Å². The molecule has 1 fully saturated rings. The summed E-state index contributed by atoms with van der Waals surface area (Å²) in [5, 5.41) is 0. The summed E-state index contributed by atoms with van der Waals surface area (Å²) in [6, 6.07) is 2.35. The Balaban J connectivity index is 1.76. The number of aromatic nitrogens is 2. The van der Waals surface area contributed by atoms with Crippen LogP contribution in [0.5, 0.6) is 5.88 Å². The molecule has 1 aliphatic heterocycles. The zero-order valence-electron chi connectivity index (χ0n) is 11.9. The normalized spacial score (nSPS) is 19.0. The van der Waals surface area contributed by atoms with E-state index in [-0.39, 0.29) is 19.0 Å². The first-order valence-electron chi connectivity index (χ1n) is 6.85. The topological polar surface area (TPSA) is 72.4 Å². The van der Waals surface area contributed by atoms with Crippen molar-refractivity contribution in [1.29, 1.82) is 0 Å². The number of sulfonamides is 1. The van der Waals surface area contributed by atoms with Gasteiger partial charge in [-0.3, -0.25) is 4.98 Å². The van der Waals surface area contributed by atoms with E-state index in [9.17, 15) is 17.2 Å². The Labute approximate surface area is 131 Å². The van der Waals surface area contributed by atoms with Crippen LogP contribution in [0.4, 0.5) is 8.78 Å². The highest BCUT2D eigenvalue weighted by molar-refractivity contribution is 7.89. The fourth-order valence-corrected chi connectivity index (χ4v) is 3.91. The van der Waals surface area contributed by atoms with Crippen molar-refractivity contribution < 1.29 is 21.9 Å². The van der Waals surface area contributed by atoms with Crippen molar-refractivity contribution in [3.63, 3.8) is 0 Å². The van der Waals surface area contributed by atoms with Gasteiger partial charge in [-0.05, 0) is 24.6 Å². The molecule has 1 aromatic heterocycles. The average Bonchev–Trinajstić information content (AvgIpc) is 3.00. The van der Waals surface area contributed by atoms with Crippen molar-refractivity contribution in [2.24, 2.45) is 0 Å². The van der Waals surface area contributed by atoms with Crippen LogP contribution in [0.1, 0.15) is 6.42 Å². The summed E-state index contributed by atoms with van der Waals surface area (Å²) in [7, 11) is -4.11. The van der Waals surface area contributed by atoms with Crippen molar-refractivity contribution in [1.82, 2.24) is 14.3 Å². The van der Waals surface area contributed by atoms with Crippen LogP contribution < -0.4 is 4.74 Å². The van der Waals surface area contributed by atoms with Crippen molar-refractivity contribution in [3.8, 4) is 5.88 Å². The summed E-state index contributed by atoms with van der Waals surface area (Å²) in [5.41, 5.74) is 0. The summed E-state index contributed by atoms with van der Waals surface area (Å²) in [6.07, 6.45) is 4.38. The summed E-state index contributed by atoms with van der Waals surface area (Å²) in [5.74, 6) is -1.50. The highest BCUT2D eigenvalue weighted by atomic mass is 32.2. The molecule has 23 heavy (non-hydrogen) atoms. The maximum absolute atomic E-state index is 13.7. The number of rotatable bonds is 4. The summed E-state index contributed by atoms with van der Waals surface area (Å²) < 4.78 is 58.5. The maximum Gasteiger partial charge on any atom is 0.246 e. The van der Waals surface area contributed by atoms with E-state index in [0.717, 1.165) is 16.4 Å². The molecule has 1 atom stereocenters. The van der Waals surface area contributed by atoms with Crippen molar-refractivity contribution >= 4 is 10.0 Å². The van der Waals surface area contributed by atoms with Crippen molar-refractivity contribution in [2.45, 2.75) is 17.4 Å². The van der Waals surface area contributed by atoms with Gasteiger partial charge in [0.1, 0.15) is 22.6 Å².